The summed E-state index contributed by atoms with van der Waals surface area (Å²) in [6.45, 7) is 2.73. The van der Waals surface area contributed by atoms with Gasteiger partial charge in [-0.25, -0.2) is 4.68 Å². The molecule has 1 aromatic carbocycles. The number of carbonyl (C=O) groups excluding carboxylic acids is 1. The standard InChI is InChI=1S/C12H13N5O4/c1-2-5-16-12(13-14-15-16)8-21-11-4-3-10(17(19)20)6-9(11)7-18/h3-4,6-7H,2,5,8H2,1H3. The van der Waals surface area contributed by atoms with Gasteiger partial charge in [-0.1, -0.05) is 6.92 Å². The molecular weight excluding hydrogens is 278 g/mol. The minimum atomic E-state index is -0.571. The molecule has 110 valence electrons. The number of rotatable bonds is 7. The molecule has 2 aromatic rings. The maximum atomic E-state index is 11.0. The van der Waals surface area contributed by atoms with Crippen LogP contribution in [0.1, 0.15) is 29.5 Å². The fraction of sp³-hybridized carbons (Fsp3) is 0.333. The van der Waals surface area contributed by atoms with Crippen LogP contribution in [-0.4, -0.2) is 31.4 Å². The zero-order valence-electron chi connectivity index (χ0n) is 11.3. The normalized spacial score (nSPS) is 10.3. The highest BCUT2D eigenvalue weighted by Crippen LogP contribution is 2.23. The Hall–Kier alpha value is -2.84. The Balaban J connectivity index is 2.14. The number of carbonyl (C=O) groups is 1. The second-order valence-electron chi connectivity index (χ2n) is 4.20. The first-order valence-electron chi connectivity index (χ1n) is 6.27. The van der Waals surface area contributed by atoms with Crippen molar-refractivity contribution in [3.63, 3.8) is 0 Å². The van der Waals surface area contributed by atoms with E-state index in [4.69, 9.17) is 4.74 Å². The van der Waals surface area contributed by atoms with E-state index in [1.54, 1.807) is 4.68 Å². The lowest BCUT2D eigenvalue weighted by atomic mass is 10.2. The van der Waals surface area contributed by atoms with Gasteiger partial charge in [0.05, 0.1) is 10.5 Å². The molecule has 0 bridgehead atoms. The van der Waals surface area contributed by atoms with Gasteiger partial charge in [0, 0.05) is 18.7 Å². The zero-order valence-corrected chi connectivity index (χ0v) is 11.3. The van der Waals surface area contributed by atoms with E-state index in [0.29, 0.717) is 18.7 Å². The minimum absolute atomic E-state index is 0.0751. The summed E-state index contributed by atoms with van der Waals surface area (Å²) >= 11 is 0. The Kier molecular flexibility index (Phi) is 4.54. The molecular formula is C12H13N5O4. The maximum Gasteiger partial charge on any atom is 0.270 e. The molecule has 21 heavy (non-hydrogen) atoms. The summed E-state index contributed by atoms with van der Waals surface area (Å²) in [5.74, 6) is 0.772. The zero-order chi connectivity index (χ0) is 15.2. The summed E-state index contributed by atoms with van der Waals surface area (Å²) < 4.78 is 7.08. The summed E-state index contributed by atoms with van der Waals surface area (Å²) in [7, 11) is 0. The fourth-order valence-electron chi connectivity index (χ4n) is 1.73. The highest BCUT2D eigenvalue weighted by atomic mass is 16.6. The van der Waals surface area contributed by atoms with Crippen molar-refractivity contribution >= 4 is 12.0 Å². The molecule has 0 aliphatic rings. The molecule has 0 saturated carbocycles. The Morgan fingerprint density at radius 1 is 1.48 bits per heavy atom. The summed E-state index contributed by atoms with van der Waals surface area (Å²) in [6, 6.07) is 3.82. The Morgan fingerprint density at radius 2 is 2.29 bits per heavy atom. The predicted molar refractivity (Wildman–Crippen MR) is 70.9 cm³/mol. The average molecular weight is 291 g/mol. The van der Waals surface area contributed by atoms with Crippen LogP contribution in [0.3, 0.4) is 0 Å². The molecule has 9 nitrogen and oxygen atoms in total. The first-order chi connectivity index (χ1) is 10.2. The molecule has 1 aromatic heterocycles. The van der Waals surface area contributed by atoms with E-state index in [1.165, 1.54) is 12.1 Å². The van der Waals surface area contributed by atoms with Crippen LogP contribution in [0.2, 0.25) is 0 Å². The number of hydrogen-bond acceptors (Lipinski definition) is 7. The summed E-state index contributed by atoms with van der Waals surface area (Å²) in [5, 5.41) is 21.9. The Morgan fingerprint density at radius 3 is 2.95 bits per heavy atom. The van der Waals surface area contributed by atoms with Crippen LogP contribution in [0.5, 0.6) is 5.75 Å². The Labute approximate surface area is 119 Å². The highest BCUT2D eigenvalue weighted by molar-refractivity contribution is 5.80. The SMILES string of the molecule is CCCn1nnnc1COc1ccc([N+](=O)[O-])cc1C=O. The number of nitro benzene ring substituents is 1. The van der Waals surface area contributed by atoms with E-state index in [1.807, 2.05) is 6.92 Å². The number of benzene rings is 1. The Bertz CT molecular complexity index is 655. The first-order valence-corrected chi connectivity index (χ1v) is 6.27. The number of nitrogens with zero attached hydrogens (tertiary/aromatic N) is 5. The van der Waals surface area contributed by atoms with E-state index >= 15 is 0 Å². The van der Waals surface area contributed by atoms with E-state index in [-0.39, 0.29) is 23.6 Å². The number of hydrogen-bond donors (Lipinski definition) is 0. The lowest BCUT2D eigenvalue weighted by molar-refractivity contribution is -0.384. The van der Waals surface area contributed by atoms with Crippen LogP contribution in [0.25, 0.3) is 0 Å². The van der Waals surface area contributed by atoms with Crippen molar-refractivity contribution in [3.8, 4) is 5.75 Å². The summed E-state index contributed by atoms with van der Waals surface area (Å²) in [4.78, 5) is 21.1. The molecule has 0 fully saturated rings. The number of aryl methyl sites for hydroxylation is 1. The van der Waals surface area contributed by atoms with Crippen LogP contribution in [0, 0.1) is 10.1 Å². The summed E-state index contributed by atoms with van der Waals surface area (Å²) in [6.07, 6.45) is 1.38. The van der Waals surface area contributed by atoms with Gasteiger partial charge in [-0.3, -0.25) is 14.9 Å². The third kappa shape index (κ3) is 3.38. The molecule has 9 heteroatoms. The average Bonchev–Trinajstić information content (AvgIpc) is 2.92. The van der Waals surface area contributed by atoms with Gasteiger partial charge in [-0.05, 0) is 22.9 Å². The van der Waals surface area contributed by atoms with Crippen molar-refractivity contribution in [3.05, 3.63) is 39.7 Å². The van der Waals surface area contributed by atoms with Crippen molar-refractivity contribution in [2.75, 3.05) is 0 Å². The van der Waals surface area contributed by atoms with Gasteiger partial charge in [-0.2, -0.15) is 0 Å². The minimum Gasteiger partial charge on any atom is -0.485 e. The van der Waals surface area contributed by atoms with Gasteiger partial charge < -0.3 is 4.74 Å². The van der Waals surface area contributed by atoms with Gasteiger partial charge >= 0.3 is 0 Å². The number of aldehydes is 1. The van der Waals surface area contributed by atoms with E-state index in [9.17, 15) is 14.9 Å². The van der Waals surface area contributed by atoms with Crippen molar-refractivity contribution < 1.29 is 14.5 Å². The van der Waals surface area contributed by atoms with Crippen molar-refractivity contribution in [2.24, 2.45) is 0 Å². The lowest BCUT2D eigenvalue weighted by Gasteiger charge is -2.08. The van der Waals surface area contributed by atoms with Crippen LogP contribution in [-0.2, 0) is 13.2 Å². The van der Waals surface area contributed by atoms with E-state index in [0.717, 1.165) is 12.5 Å². The molecule has 0 atom stereocenters. The maximum absolute atomic E-state index is 11.0. The van der Waals surface area contributed by atoms with Crippen LogP contribution < -0.4 is 4.74 Å². The van der Waals surface area contributed by atoms with Gasteiger partial charge in [-0.15, -0.1) is 5.10 Å². The second kappa shape index (κ2) is 6.55. The van der Waals surface area contributed by atoms with E-state index < -0.39 is 4.92 Å². The second-order valence-corrected chi connectivity index (χ2v) is 4.20. The molecule has 0 N–H and O–H groups in total. The molecule has 1 heterocycles. The van der Waals surface area contributed by atoms with Crippen LogP contribution in [0.15, 0.2) is 18.2 Å². The fourth-order valence-corrected chi connectivity index (χ4v) is 1.73. The molecule has 0 spiro atoms. The third-order valence-electron chi connectivity index (χ3n) is 2.73. The monoisotopic (exact) mass is 291 g/mol. The molecule has 0 aliphatic heterocycles. The number of ether oxygens (including phenoxy) is 1. The summed E-state index contributed by atoms with van der Waals surface area (Å²) in [5.41, 5.74) is -0.0565. The van der Waals surface area contributed by atoms with Gasteiger partial charge in [0.25, 0.3) is 5.69 Å². The molecule has 2 rings (SSSR count). The van der Waals surface area contributed by atoms with Crippen molar-refractivity contribution in [2.45, 2.75) is 26.5 Å². The van der Waals surface area contributed by atoms with Gasteiger partial charge in [0.1, 0.15) is 12.4 Å². The van der Waals surface area contributed by atoms with Crippen LogP contribution >= 0.6 is 0 Å². The highest BCUT2D eigenvalue weighted by Gasteiger charge is 2.13. The largest absolute Gasteiger partial charge is 0.485 e. The van der Waals surface area contributed by atoms with Gasteiger partial charge in [0.15, 0.2) is 12.1 Å². The topological polar surface area (TPSA) is 113 Å². The molecule has 0 saturated heterocycles. The molecule has 0 radical (unpaired) electrons. The first kappa shape index (κ1) is 14.6. The van der Waals surface area contributed by atoms with Crippen molar-refractivity contribution in [1.82, 2.24) is 20.2 Å². The number of nitro groups is 1. The molecule has 0 amide bonds. The number of aromatic nitrogens is 4. The molecule has 0 aliphatic carbocycles. The van der Waals surface area contributed by atoms with Gasteiger partial charge in [0.2, 0.25) is 0 Å². The number of tetrazole rings is 1. The lowest BCUT2D eigenvalue weighted by Crippen LogP contribution is -2.09. The molecule has 0 unspecified atom stereocenters. The van der Waals surface area contributed by atoms with Crippen molar-refractivity contribution in [1.29, 1.82) is 0 Å². The predicted octanol–water partition coefficient (Wildman–Crippen LogP) is 1.38. The third-order valence-corrected chi connectivity index (χ3v) is 2.73. The van der Waals surface area contributed by atoms with E-state index in [2.05, 4.69) is 15.5 Å². The number of non-ortho nitro benzene ring substituents is 1. The smallest absolute Gasteiger partial charge is 0.270 e. The quantitative estimate of drug-likeness (QED) is 0.430. The van der Waals surface area contributed by atoms with Crippen LogP contribution in [0.4, 0.5) is 5.69 Å².